The van der Waals surface area contributed by atoms with Gasteiger partial charge in [0, 0.05) is 12.8 Å². The standard InChI is InChI=1S/C18H24N2O4/c1-11-6-7-14(12(2)10-11)16-15(17(21)24-5)13(3)20(8-9-23-4)18(22)19-16/h6-7,10,16H,8-9H2,1-5H3,(H,19,22)/t16-/m0/s1. The number of carbonyl (C=O) groups excluding carboxylic acids is 2. The molecule has 24 heavy (non-hydrogen) atoms. The number of allylic oxidation sites excluding steroid dienone is 1. The van der Waals surface area contributed by atoms with Crippen molar-refractivity contribution in [3.63, 3.8) is 0 Å². The van der Waals surface area contributed by atoms with Gasteiger partial charge in [0.2, 0.25) is 0 Å². The normalized spacial score (nSPS) is 17.8. The second kappa shape index (κ2) is 7.49. The van der Waals surface area contributed by atoms with Crippen molar-refractivity contribution >= 4 is 12.0 Å². The molecule has 0 bridgehead atoms. The lowest BCUT2D eigenvalue weighted by molar-refractivity contribution is -0.136. The van der Waals surface area contributed by atoms with E-state index in [4.69, 9.17) is 9.47 Å². The van der Waals surface area contributed by atoms with Gasteiger partial charge in [0.1, 0.15) is 0 Å². The largest absolute Gasteiger partial charge is 0.466 e. The maximum atomic E-state index is 12.5. The molecule has 0 fully saturated rings. The summed E-state index contributed by atoms with van der Waals surface area (Å²) in [6, 6.07) is 5.17. The van der Waals surface area contributed by atoms with Crippen LogP contribution in [0.1, 0.15) is 29.7 Å². The summed E-state index contributed by atoms with van der Waals surface area (Å²) in [5.74, 6) is -0.445. The van der Waals surface area contributed by atoms with E-state index in [1.165, 1.54) is 12.0 Å². The van der Waals surface area contributed by atoms with E-state index in [9.17, 15) is 9.59 Å². The molecule has 0 unspecified atom stereocenters. The van der Waals surface area contributed by atoms with Gasteiger partial charge >= 0.3 is 12.0 Å². The number of ether oxygens (including phenoxy) is 2. The van der Waals surface area contributed by atoms with Crippen LogP contribution in [0, 0.1) is 13.8 Å². The Labute approximate surface area is 142 Å². The highest BCUT2D eigenvalue weighted by molar-refractivity contribution is 5.95. The van der Waals surface area contributed by atoms with Gasteiger partial charge in [-0.25, -0.2) is 9.59 Å². The maximum absolute atomic E-state index is 12.5. The van der Waals surface area contributed by atoms with Gasteiger partial charge in [-0.1, -0.05) is 23.8 Å². The summed E-state index contributed by atoms with van der Waals surface area (Å²) in [7, 11) is 2.91. The smallest absolute Gasteiger partial charge is 0.337 e. The number of urea groups is 1. The number of hydrogen-bond acceptors (Lipinski definition) is 4. The molecule has 2 rings (SSSR count). The van der Waals surface area contributed by atoms with Gasteiger partial charge in [0.05, 0.1) is 31.9 Å². The van der Waals surface area contributed by atoms with Crippen LogP contribution in [0.3, 0.4) is 0 Å². The number of aryl methyl sites for hydroxylation is 2. The molecule has 0 saturated heterocycles. The minimum absolute atomic E-state index is 0.248. The molecule has 0 aromatic heterocycles. The first-order chi connectivity index (χ1) is 11.4. The van der Waals surface area contributed by atoms with Gasteiger partial charge in [0.25, 0.3) is 0 Å². The molecule has 1 aliphatic heterocycles. The zero-order chi connectivity index (χ0) is 17.9. The van der Waals surface area contributed by atoms with Crippen LogP contribution < -0.4 is 5.32 Å². The molecule has 1 atom stereocenters. The molecule has 0 saturated carbocycles. The summed E-state index contributed by atoms with van der Waals surface area (Å²) in [5.41, 5.74) is 4.06. The minimum atomic E-state index is -0.524. The topological polar surface area (TPSA) is 67.9 Å². The second-order valence-corrected chi connectivity index (χ2v) is 5.88. The monoisotopic (exact) mass is 332 g/mol. The number of esters is 1. The third-order valence-corrected chi connectivity index (χ3v) is 4.26. The van der Waals surface area contributed by atoms with Crippen molar-refractivity contribution in [2.24, 2.45) is 0 Å². The van der Waals surface area contributed by atoms with Crippen LogP contribution in [0.15, 0.2) is 29.5 Å². The highest BCUT2D eigenvalue weighted by atomic mass is 16.5. The van der Waals surface area contributed by atoms with Crippen molar-refractivity contribution in [2.75, 3.05) is 27.4 Å². The molecule has 0 aliphatic carbocycles. The fourth-order valence-electron chi connectivity index (χ4n) is 2.99. The minimum Gasteiger partial charge on any atom is -0.466 e. The summed E-state index contributed by atoms with van der Waals surface area (Å²) in [5, 5.41) is 2.92. The molecular formula is C18H24N2O4. The number of rotatable bonds is 5. The SMILES string of the molecule is COCCN1C(=O)N[C@@H](c2ccc(C)cc2C)C(C(=O)OC)=C1C. The first-order valence-corrected chi connectivity index (χ1v) is 7.84. The summed E-state index contributed by atoms with van der Waals surface area (Å²) >= 11 is 0. The number of nitrogens with zero attached hydrogens (tertiary/aromatic N) is 1. The van der Waals surface area contributed by atoms with Crippen molar-refractivity contribution in [3.8, 4) is 0 Å². The van der Waals surface area contributed by atoms with Gasteiger partial charge in [-0.05, 0) is 31.9 Å². The Morgan fingerprint density at radius 2 is 1.96 bits per heavy atom. The lowest BCUT2D eigenvalue weighted by Crippen LogP contribution is -2.49. The van der Waals surface area contributed by atoms with Crippen molar-refractivity contribution in [1.29, 1.82) is 0 Å². The Bertz CT molecular complexity index is 682. The molecule has 1 aliphatic rings. The molecule has 0 spiro atoms. The summed E-state index contributed by atoms with van der Waals surface area (Å²) in [6.45, 7) is 6.49. The average molecular weight is 332 g/mol. The Hall–Kier alpha value is -2.34. The molecule has 1 heterocycles. The maximum Gasteiger partial charge on any atom is 0.337 e. The summed E-state index contributed by atoms with van der Waals surface area (Å²) in [6.07, 6.45) is 0. The third kappa shape index (κ3) is 3.43. The molecule has 130 valence electrons. The molecule has 0 radical (unpaired) electrons. The number of nitrogens with one attached hydrogen (secondary N) is 1. The Balaban J connectivity index is 2.52. The van der Waals surface area contributed by atoms with Crippen molar-refractivity contribution in [3.05, 3.63) is 46.2 Å². The second-order valence-electron chi connectivity index (χ2n) is 5.88. The molecule has 1 aromatic rings. The zero-order valence-electron chi connectivity index (χ0n) is 14.8. The van der Waals surface area contributed by atoms with Gasteiger partial charge < -0.3 is 14.8 Å². The predicted molar refractivity (Wildman–Crippen MR) is 90.5 cm³/mol. The summed E-state index contributed by atoms with van der Waals surface area (Å²) in [4.78, 5) is 26.4. The van der Waals surface area contributed by atoms with E-state index in [0.717, 1.165) is 16.7 Å². The molecule has 6 nitrogen and oxygen atoms in total. The molecule has 2 amide bonds. The fourth-order valence-corrected chi connectivity index (χ4v) is 2.99. The predicted octanol–water partition coefficient (Wildman–Crippen LogP) is 2.46. The van der Waals surface area contributed by atoms with E-state index >= 15 is 0 Å². The number of benzene rings is 1. The van der Waals surface area contributed by atoms with Crippen molar-refractivity contribution in [2.45, 2.75) is 26.8 Å². The lowest BCUT2D eigenvalue weighted by Gasteiger charge is -2.35. The van der Waals surface area contributed by atoms with Crippen LogP contribution in [0.25, 0.3) is 0 Å². The molecule has 1 aromatic carbocycles. The number of amides is 2. The van der Waals surface area contributed by atoms with Gasteiger partial charge in [0.15, 0.2) is 0 Å². The van der Waals surface area contributed by atoms with Gasteiger partial charge in [-0.2, -0.15) is 0 Å². The number of hydrogen-bond donors (Lipinski definition) is 1. The van der Waals surface area contributed by atoms with E-state index < -0.39 is 12.0 Å². The summed E-state index contributed by atoms with van der Waals surface area (Å²) < 4.78 is 10.0. The van der Waals surface area contributed by atoms with Crippen LogP contribution in [0.4, 0.5) is 4.79 Å². The Morgan fingerprint density at radius 1 is 1.25 bits per heavy atom. The third-order valence-electron chi connectivity index (χ3n) is 4.26. The van der Waals surface area contributed by atoms with E-state index in [1.54, 1.807) is 14.0 Å². The number of carbonyl (C=O) groups is 2. The first kappa shape index (κ1) is 18.0. The lowest BCUT2D eigenvalue weighted by atomic mass is 9.91. The van der Waals surface area contributed by atoms with E-state index in [2.05, 4.69) is 5.32 Å². The van der Waals surface area contributed by atoms with Crippen LogP contribution in [-0.2, 0) is 14.3 Å². The van der Waals surface area contributed by atoms with Gasteiger partial charge in [-0.15, -0.1) is 0 Å². The van der Waals surface area contributed by atoms with Crippen LogP contribution in [0.2, 0.25) is 0 Å². The average Bonchev–Trinajstić information content (AvgIpc) is 2.53. The van der Waals surface area contributed by atoms with E-state index in [-0.39, 0.29) is 6.03 Å². The first-order valence-electron chi connectivity index (χ1n) is 7.84. The molecule has 6 heteroatoms. The Morgan fingerprint density at radius 3 is 2.54 bits per heavy atom. The van der Waals surface area contributed by atoms with Crippen LogP contribution >= 0.6 is 0 Å². The molecule has 1 N–H and O–H groups in total. The zero-order valence-corrected chi connectivity index (χ0v) is 14.8. The Kier molecular flexibility index (Phi) is 5.62. The molecular weight excluding hydrogens is 308 g/mol. The van der Waals surface area contributed by atoms with Crippen molar-refractivity contribution < 1.29 is 19.1 Å². The van der Waals surface area contributed by atoms with E-state index in [1.807, 2.05) is 32.0 Å². The highest BCUT2D eigenvalue weighted by Crippen LogP contribution is 2.32. The number of methoxy groups -OCH3 is 2. The quantitative estimate of drug-likeness (QED) is 0.841. The highest BCUT2D eigenvalue weighted by Gasteiger charge is 2.36. The van der Waals surface area contributed by atoms with Gasteiger partial charge in [-0.3, -0.25) is 4.90 Å². The fraction of sp³-hybridized carbons (Fsp3) is 0.444. The van der Waals surface area contributed by atoms with Crippen molar-refractivity contribution in [1.82, 2.24) is 10.2 Å². The van der Waals surface area contributed by atoms with E-state index in [0.29, 0.717) is 24.4 Å². The van der Waals surface area contributed by atoms with Crippen LogP contribution in [0.5, 0.6) is 0 Å². The van der Waals surface area contributed by atoms with Crippen LogP contribution in [-0.4, -0.2) is 44.3 Å².